The van der Waals surface area contributed by atoms with E-state index in [4.69, 9.17) is 9.47 Å². The van der Waals surface area contributed by atoms with Crippen molar-refractivity contribution in [3.8, 4) is 5.75 Å². The minimum Gasteiger partial charge on any atom is -0.486 e. The minimum atomic E-state index is 0.534. The van der Waals surface area contributed by atoms with E-state index < -0.39 is 0 Å². The Labute approximate surface area is 183 Å². The van der Waals surface area contributed by atoms with Crippen LogP contribution in [-0.4, -0.2) is 68.4 Å². The normalized spacial score (nSPS) is 22.5. The van der Waals surface area contributed by atoms with Crippen LogP contribution >= 0.6 is 0 Å². The zero-order valence-corrected chi connectivity index (χ0v) is 18.0. The van der Waals surface area contributed by atoms with Gasteiger partial charge in [-0.1, -0.05) is 6.07 Å². The number of anilines is 3. The topological polar surface area (TPSA) is 61.9 Å². The smallest absolute Gasteiger partial charge is 0.143 e. The Kier molecular flexibility index (Phi) is 5.18. The molecule has 2 N–H and O–H groups in total. The van der Waals surface area contributed by atoms with Crippen molar-refractivity contribution < 1.29 is 9.47 Å². The lowest BCUT2D eigenvalue weighted by atomic mass is 9.88. The first-order valence-electron chi connectivity index (χ1n) is 11.6. The summed E-state index contributed by atoms with van der Waals surface area (Å²) in [5.41, 5.74) is 4.74. The predicted octanol–water partition coefficient (Wildman–Crippen LogP) is 2.71. The molecule has 7 heteroatoms. The van der Waals surface area contributed by atoms with Crippen molar-refractivity contribution in [3.63, 3.8) is 0 Å². The fourth-order valence-electron chi connectivity index (χ4n) is 5.26. The maximum absolute atomic E-state index is 6.34. The second kappa shape index (κ2) is 8.30. The van der Waals surface area contributed by atoms with Crippen molar-refractivity contribution in [3.05, 3.63) is 41.6 Å². The number of pyridine rings is 1. The third-order valence-electron chi connectivity index (χ3n) is 7.29. The third-order valence-corrected chi connectivity index (χ3v) is 7.29. The number of benzene rings is 1. The summed E-state index contributed by atoms with van der Waals surface area (Å²) >= 11 is 0. The van der Waals surface area contributed by atoms with Crippen LogP contribution in [0.15, 0.2) is 30.5 Å². The second-order valence-electron chi connectivity index (χ2n) is 9.05. The molecule has 4 aliphatic rings. The van der Waals surface area contributed by atoms with Crippen molar-refractivity contribution in [1.29, 1.82) is 0 Å². The summed E-state index contributed by atoms with van der Waals surface area (Å²) in [7, 11) is 0. The molecule has 0 saturated carbocycles. The number of hydrogen-bond acceptors (Lipinski definition) is 7. The highest BCUT2D eigenvalue weighted by molar-refractivity contribution is 5.73. The molecule has 4 aliphatic heterocycles. The zero-order chi connectivity index (χ0) is 20.6. The van der Waals surface area contributed by atoms with Crippen molar-refractivity contribution >= 4 is 17.2 Å². The summed E-state index contributed by atoms with van der Waals surface area (Å²) in [5, 5.41) is 6.93. The van der Waals surface area contributed by atoms with Crippen molar-refractivity contribution in [2.24, 2.45) is 0 Å². The zero-order valence-electron chi connectivity index (χ0n) is 18.0. The van der Waals surface area contributed by atoms with Gasteiger partial charge in [-0.15, -0.1) is 0 Å². The number of nitrogens with zero attached hydrogens (tertiary/aromatic N) is 3. The SMILES string of the molecule is c1cc(N2CCOCC2)c2c(n1)Nc1ccc(C3CCN(C4CNC4)CC3)cc1OC2. The Morgan fingerprint density at radius 2 is 1.84 bits per heavy atom. The molecular formula is C24H31N5O2. The first kappa shape index (κ1) is 19.3. The molecule has 1 aromatic heterocycles. The quantitative estimate of drug-likeness (QED) is 0.790. The summed E-state index contributed by atoms with van der Waals surface area (Å²) in [6.07, 6.45) is 4.35. The van der Waals surface area contributed by atoms with E-state index in [1.165, 1.54) is 37.2 Å². The minimum absolute atomic E-state index is 0.534. The Balaban J connectivity index is 1.19. The number of nitrogens with one attached hydrogen (secondary N) is 2. The van der Waals surface area contributed by atoms with Crippen LogP contribution in [0.3, 0.4) is 0 Å². The van der Waals surface area contributed by atoms with Gasteiger partial charge in [0.15, 0.2) is 0 Å². The molecule has 0 spiro atoms. The number of rotatable bonds is 3. The summed E-state index contributed by atoms with van der Waals surface area (Å²) < 4.78 is 11.9. The lowest BCUT2D eigenvalue weighted by Crippen LogP contribution is -2.58. The van der Waals surface area contributed by atoms with Gasteiger partial charge in [-0.25, -0.2) is 4.98 Å². The number of fused-ring (bicyclic) bond motifs is 2. The van der Waals surface area contributed by atoms with E-state index in [1.54, 1.807) is 0 Å². The van der Waals surface area contributed by atoms with Crippen LogP contribution in [0.25, 0.3) is 0 Å². The number of morpholine rings is 1. The summed E-state index contributed by atoms with van der Waals surface area (Å²) in [4.78, 5) is 9.66. The highest BCUT2D eigenvalue weighted by Crippen LogP contribution is 2.40. The van der Waals surface area contributed by atoms with Crippen LogP contribution in [0.1, 0.15) is 29.9 Å². The van der Waals surface area contributed by atoms with E-state index in [9.17, 15) is 0 Å². The van der Waals surface area contributed by atoms with Crippen molar-refractivity contribution in [2.75, 3.05) is 62.7 Å². The van der Waals surface area contributed by atoms with Crippen LogP contribution in [-0.2, 0) is 11.3 Å². The van der Waals surface area contributed by atoms with Gasteiger partial charge >= 0.3 is 0 Å². The van der Waals surface area contributed by atoms with Gasteiger partial charge in [0.25, 0.3) is 0 Å². The molecular weight excluding hydrogens is 390 g/mol. The van der Waals surface area contributed by atoms with E-state index in [0.717, 1.165) is 68.3 Å². The third kappa shape index (κ3) is 3.75. The molecule has 7 nitrogen and oxygen atoms in total. The highest BCUT2D eigenvalue weighted by Gasteiger charge is 2.29. The van der Waals surface area contributed by atoms with E-state index in [2.05, 4.69) is 49.7 Å². The van der Waals surface area contributed by atoms with Gasteiger partial charge in [0, 0.05) is 44.1 Å². The van der Waals surface area contributed by atoms with E-state index >= 15 is 0 Å². The summed E-state index contributed by atoms with van der Waals surface area (Å²) in [6.45, 7) is 8.60. The Morgan fingerprint density at radius 1 is 1.00 bits per heavy atom. The van der Waals surface area contributed by atoms with Crippen molar-refractivity contribution in [2.45, 2.75) is 31.4 Å². The van der Waals surface area contributed by atoms with E-state index in [-0.39, 0.29) is 0 Å². The van der Waals surface area contributed by atoms with Gasteiger partial charge < -0.3 is 25.0 Å². The van der Waals surface area contributed by atoms with Gasteiger partial charge in [-0.3, -0.25) is 4.90 Å². The molecule has 2 aromatic rings. The van der Waals surface area contributed by atoms with Gasteiger partial charge in [0.05, 0.1) is 24.5 Å². The Morgan fingerprint density at radius 3 is 2.61 bits per heavy atom. The van der Waals surface area contributed by atoms with Crippen LogP contribution in [0, 0.1) is 0 Å². The van der Waals surface area contributed by atoms with Crippen molar-refractivity contribution in [1.82, 2.24) is 15.2 Å². The Hall–Kier alpha value is -2.35. The molecule has 0 radical (unpaired) electrons. The summed E-state index contributed by atoms with van der Waals surface area (Å²) in [5.74, 6) is 2.46. The number of aromatic nitrogens is 1. The van der Waals surface area contributed by atoms with Crippen LogP contribution in [0.4, 0.5) is 17.2 Å². The highest BCUT2D eigenvalue weighted by atomic mass is 16.5. The fourth-order valence-corrected chi connectivity index (χ4v) is 5.26. The molecule has 5 heterocycles. The molecule has 3 fully saturated rings. The van der Waals surface area contributed by atoms with Gasteiger partial charge in [0.1, 0.15) is 18.2 Å². The average Bonchev–Trinajstić information content (AvgIpc) is 2.98. The van der Waals surface area contributed by atoms with Crippen LogP contribution < -0.4 is 20.3 Å². The van der Waals surface area contributed by atoms with E-state index in [1.807, 2.05) is 6.20 Å². The molecule has 6 rings (SSSR count). The Bertz CT molecular complexity index is 934. The first-order chi connectivity index (χ1) is 15.3. The van der Waals surface area contributed by atoms with E-state index in [0.29, 0.717) is 12.5 Å². The largest absolute Gasteiger partial charge is 0.486 e. The number of likely N-dealkylation sites (tertiary alicyclic amines) is 1. The summed E-state index contributed by atoms with van der Waals surface area (Å²) in [6, 6.07) is 9.56. The van der Waals surface area contributed by atoms with Crippen LogP contribution in [0.2, 0.25) is 0 Å². The number of hydrogen-bond donors (Lipinski definition) is 2. The predicted molar refractivity (Wildman–Crippen MR) is 122 cm³/mol. The molecule has 0 unspecified atom stereocenters. The maximum Gasteiger partial charge on any atom is 0.143 e. The van der Waals surface area contributed by atoms with Gasteiger partial charge in [-0.2, -0.15) is 0 Å². The molecule has 0 bridgehead atoms. The first-order valence-corrected chi connectivity index (χ1v) is 11.6. The molecule has 0 amide bonds. The molecule has 31 heavy (non-hydrogen) atoms. The fraction of sp³-hybridized carbons (Fsp3) is 0.542. The van der Waals surface area contributed by atoms with Gasteiger partial charge in [0.2, 0.25) is 0 Å². The lowest BCUT2D eigenvalue weighted by Gasteiger charge is -2.42. The number of piperidine rings is 1. The molecule has 1 aromatic carbocycles. The number of ether oxygens (including phenoxy) is 2. The monoisotopic (exact) mass is 421 g/mol. The molecule has 3 saturated heterocycles. The van der Waals surface area contributed by atoms with Crippen LogP contribution in [0.5, 0.6) is 5.75 Å². The maximum atomic E-state index is 6.34. The van der Waals surface area contributed by atoms with Gasteiger partial charge in [-0.05, 0) is 55.6 Å². The standard InChI is InChI=1S/C24H31N5O2/c1-2-21-23(13-18(1)17-4-7-28(8-5-17)19-14-25-15-19)31-16-20-22(3-6-26-24(20)27-21)29-9-11-30-12-10-29/h1-3,6,13,17,19,25H,4-5,7-12,14-16H2,(H,26,27). The average molecular weight is 422 g/mol. The lowest BCUT2D eigenvalue weighted by molar-refractivity contribution is 0.113. The second-order valence-corrected chi connectivity index (χ2v) is 9.05. The molecule has 164 valence electrons. The molecule has 0 aliphatic carbocycles. The molecule has 0 atom stereocenters.